The minimum Gasteiger partial charge on any atom is -0.469 e. The molecule has 0 aliphatic carbocycles. The number of nitro groups is 1. The van der Waals surface area contributed by atoms with Crippen molar-refractivity contribution in [2.45, 2.75) is 12.8 Å². The first-order chi connectivity index (χ1) is 8.52. The van der Waals surface area contributed by atoms with E-state index >= 15 is 0 Å². The predicted octanol–water partition coefficient (Wildman–Crippen LogP) is 1.30. The third kappa shape index (κ3) is 2.13. The first-order valence-corrected chi connectivity index (χ1v) is 5.61. The molecule has 6 heteroatoms. The van der Waals surface area contributed by atoms with E-state index in [1.165, 1.54) is 13.2 Å². The lowest BCUT2D eigenvalue weighted by atomic mass is 10.0. The van der Waals surface area contributed by atoms with Crippen LogP contribution in [0.5, 0.6) is 0 Å². The van der Waals surface area contributed by atoms with Crippen LogP contribution in [-0.4, -0.2) is 31.6 Å². The molecule has 1 aromatic rings. The number of esters is 1. The summed E-state index contributed by atoms with van der Waals surface area (Å²) in [5, 5.41) is 11.1. The van der Waals surface area contributed by atoms with Gasteiger partial charge < -0.3 is 9.64 Å². The monoisotopic (exact) mass is 250 g/mol. The molecule has 0 unspecified atom stereocenters. The van der Waals surface area contributed by atoms with Crippen molar-refractivity contribution in [1.29, 1.82) is 0 Å². The summed E-state index contributed by atoms with van der Waals surface area (Å²) in [7, 11) is 3.14. The number of nitrogens with zero attached hydrogens (tertiary/aromatic N) is 2. The van der Waals surface area contributed by atoms with Gasteiger partial charge in [0, 0.05) is 19.7 Å². The molecule has 1 aliphatic heterocycles. The van der Waals surface area contributed by atoms with Crippen LogP contribution in [0.3, 0.4) is 0 Å². The number of hydrogen-bond acceptors (Lipinski definition) is 5. The maximum absolute atomic E-state index is 11.2. The predicted molar refractivity (Wildman–Crippen MR) is 65.8 cm³/mol. The standard InChI is InChI=1S/C12H14N2O4/c1-13-4-3-9-5-8(7-11(15)18-2)6-10(12(9)13)14(16)17/h5-6H,3-4,7H2,1-2H3. The SMILES string of the molecule is COC(=O)Cc1cc2c(c([N+](=O)[O-])c1)N(C)CC2. The van der Waals surface area contributed by atoms with Gasteiger partial charge in [0.05, 0.1) is 18.5 Å². The van der Waals surface area contributed by atoms with Gasteiger partial charge in [-0.05, 0) is 17.5 Å². The van der Waals surface area contributed by atoms with Crippen molar-refractivity contribution in [3.05, 3.63) is 33.4 Å². The summed E-state index contributed by atoms with van der Waals surface area (Å²) in [6.07, 6.45) is 0.829. The van der Waals surface area contributed by atoms with Crippen molar-refractivity contribution < 1.29 is 14.5 Å². The average molecular weight is 250 g/mol. The number of fused-ring (bicyclic) bond motifs is 1. The minimum atomic E-state index is -0.401. The number of carbonyl (C=O) groups excluding carboxylic acids is 1. The summed E-state index contributed by atoms with van der Waals surface area (Å²) in [5.41, 5.74) is 2.27. The molecule has 0 spiro atoms. The minimum absolute atomic E-state index is 0.0615. The van der Waals surface area contributed by atoms with Crippen LogP contribution in [0.15, 0.2) is 12.1 Å². The summed E-state index contributed by atoms with van der Waals surface area (Å²) in [4.78, 5) is 23.8. The van der Waals surface area contributed by atoms with Crippen LogP contribution in [0.25, 0.3) is 0 Å². The molecule has 0 amide bonds. The topological polar surface area (TPSA) is 72.7 Å². The van der Waals surface area contributed by atoms with Crippen LogP contribution in [0.1, 0.15) is 11.1 Å². The third-order valence-electron chi connectivity index (χ3n) is 3.10. The summed E-state index contributed by atoms with van der Waals surface area (Å²) in [6, 6.07) is 3.31. The third-order valence-corrected chi connectivity index (χ3v) is 3.10. The van der Waals surface area contributed by atoms with Crippen LogP contribution < -0.4 is 4.90 Å². The second-order valence-electron chi connectivity index (χ2n) is 4.30. The molecule has 0 radical (unpaired) electrons. The molecule has 18 heavy (non-hydrogen) atoms. The Morgan fingerprint density at radius 1 is 1.56 bits per heavy atom. The van der Waals surface area contributed by atoms with Crippen LogP contribution in [0.2, 0.25) is 0 Å². The van der Waals surface area contributed by atoms with Crippen molar-refractivity contribution in [2.75, 3.05) is 25.6 Å². The van der Waals surface area contributed by atoms with E-state index in [0.717, 1.165) is 18.5 Å². The zero-order chi connectivity index (χ0) is 13.3. The molecule has 2 rings (SSSR count). The van der Waals surface area contributed by atoms with Crippen LogP contribution in [-0.2, 0) is 22.4 Å². The highest BCUT2D eigenvalue weighted by molar-refractivity contribution is 5.76. The van der Waals surface area contributed by atoms with Gasteiger partial charge >= 0.3 is 5.97 Å². The highest BCUT2D eigenvalue weighted by Gasteiger charge is 2.27. The molecular formula is C12H14N2O4. The molecule has 0 fully saturated rings. The Morgan fingerprint density at radius 3 is 2.89 bits per heavy atom. The van der Waals surface area contributed by atoms with Gasteiger partial charge in [0.2, 0.25) is 0 Å². The van der Waals surface area contributed by atoms with E-state index in [4.69, 9.17) is 0 Å². The van der Waals surface area contributed by atoms with Crippen molar-refractivity contribution in [3.63, 3.8) is 0 Å². The Balaban J connectivity index is 2.44. The molecule has 96 valence electrons. The fourth-order valence-electron chi connectivity index (χ4n) is 2.25. The number of carbonyl (C=O) groups is 1. The summed E-state index contributed by atoms with van der Waals surface area (Å²) in [6.45, 7) is 0.762. The van der Waals surface area contributed by atoms with Crippen molar-refractivity contribution in [2.24, 2.45) is 0 Å². The Kier molecular flexibility index (Phi) is 3.18. The molecule has 0 saturated carbocycles. The number of hydrogen-bond donors (Lipinski definition) is 0. The first kappa shape index (κ1) is 12.3. The Hall–Kier alpha value is -2.11. The van der Waals surface area contributed by atoms with E-state index in [1.54, 1.807) is 0 Å². The van der Waals surface area contributed by atoms with Gasteiger partial charge in [-0.15, -0.1) is 0 Å². The van der Waals surface area contributed by atoms with Gasteiger partial charge in [-0.3, -0.25) is 14.9 Å². The molecule has 1 aromatic carbocycles. The second kappa shape index (κ2) is 4.64. The number of likely N-dealkylation sites (N-methyl/N-ethyl adjacent to an activating group) is 1. The number of methoxy groups -OCH3 is 1. The highest BCUT2D eigenvalue weighted by Crippen LogP contribution is 2.37. The van der Waals surface area contributed by atoms with Crippen molar-refractivity contribution >= 4 is 17.3 Å². The van der Waals surface area contributed by atoms with Gasteiger partial charge in [0.15, 0.2) is 0 Å². The average Bonchev–Trinajstić information content (AvgIpc) is 2.70. The zero-order valence-electron chi connectivity index (χ0n) is 10.3. The lowest BCUT2D eigenvalue weighted by Crippen LogP contribution is -2.14. The summed E-state index contributed by atoms with van der Waals surface area (Å²) < 4.78 is 4.58. The molecule has 0 N–H and O–H groups in total. The maximum atomic E-state index is 11.2. The number of nitro benzene ring substituents is 1. The van der Waals surface area contributed by atoms with Crippen LogP contribution >= 0.6 is 0 Å². The van der Waals surface area contributed by atoms with E-state index in [-0.39, 0.29) is 12.1 Å². The van der Waals surface area contributed by atoms with E-state index in [0.29, 0.717) is 11.3 Å². The number of benzene rings is 1. The lowest BCUT2D eigenvalue weighted by molar-refractivity contribution is -0.384. The molecule has 0 aromatic heterocycles. The fraction of sp³-hybridized carbons (Fsp3) is 0.417. The normalized spacial score (nSPS) is 13.3. The molecule has 0 atom stereocenters. The van der Waals surface area contributed by atoms with Gasteiger partial charge in [-0.25, -0.2) is 0 Å². The smallest absolute Gasteiger partial charge is 0.309 e. The van der Waals surface area contributed by atoms with Crippen LogP contribution in [0, 0.1) is 10.1 Å². The number of anilines is 1. The largest absolute Gasteiger partial charge is 0.469 e. The first-order valence-electron chi connectivity index (χ1n) is 5.61. The summed E-state index contributed by atoms with van der Waals surface area (Å²) in [5.74, 6) is -0.393. The Labute approximate surface area is 104 Å². The summed E-state index contributed by atoms with van der Waals surface area (Å²) >= 11 is 0. The maximum Gasteiger partial charge on any atom is 0.309 e. The van der Waals surface area contributed by atoms with E-state index in [9.17, 15) is 14.9 Å². The van der Waals surface area contributed by atoms with Gasteiger partial charge in [-0.2, -0.15) is 0 Å². The van der Waals surface area contributed by atoms with E-state index in [2.05, 4.69) is 4.74 Å². The van der Waals surface area contributed by atoms with Crippen LogP contribution in [0.4, 0.5) is 11.4 Å². The molecule has 0 bridgehead atoms. The van der Waals surface area contributed by atoms with E-state index < -0.39 is 10.9 Å². The number of rotatable bonds is 3. The Bertz CT molecular complexity index is 513. The molecule has 0 saturated heterocycles. The van der Waals surface area contributed by atoms with Crippen molar-refractivity contribution in [3.8, 4) is 0 Å². The van der Waals surface area contributed by atoms with Crippen molar-refractivity contribution in [1.82, 2.24) is 0 Å². The molecular weight excluding hydrogens is 236 g/mol. The molecule has 1 aliphatic rings. The van der Waals surface area contributed by atoms with Gasteiger partial charge in [0.25, 0.3) is 5.69 Å². The van der Waals surface area contributed by atoms with Gasteiger partial charge in [0.1, 0.15) is 5.69 Å². The molecule has 6 nitrogen and oxygen atoms in total. The van der Waals surface area contributed by atoms with Gasteiger partial charge in [-0.1, -0.05) is 6.07 Å². The van der Waals surface area contributed by atoms with E-state index in [1.807, 2.05) is 18.0 Å². The lowest BCUT2D eigenvalue weighted by Gasteiger charge is -2.12. The zero-order valence-corrected chi connectivity index (χ0v) is 10.3. The Morgan fingerprint density at radius 2 is 2.28 bits per heavy atom. The second-order valence-corrected chi connectivity index (χ2v) is 4.30. The fourth-order valence-corrected chi connectivity index (χ4v) is 2.25. The highest BCUT2D eigenvalue weighted by atomic mass is 16.6. The number of ether oxygens (including phenoxy) is 1. The quantitative estimate of drug-likeness (QED) is 0.459. The molecule has 1 heterocycles.